The Kier molecular flexibility index (Phi) is 7.61. The standard InChI is InChI=1S/C10H24N4/c1-6-11-12-10(9(4)5)13-14(7-2)8-3/h9-10,13H,6-8H2,1-5H3. The summed E-state index contributed by atoms with van der Waals surface area (Å²) in [5.41, 5.74) is 3.36. The minimum atomic E-state index is 0.106. The van der Waals surface area contributed by atoms with Crippen LogP contribution in [0.2, 0.25) is 0 Å². The topological polar surface area (TPSA) is 40.0 Å². The fraction of sp³-hybridized carbons (Fsp3) is 1.00. The van der Waals surface area contributed by atoms with Crippen LogP contribution in [-0.4, -0.2) is 30.8 Å². The van der Waals surface area contributed by atoms with Gasteiger partial charge in [0.1, 0.15) is 6.17 Å². The molecule has 1 N–H and O–H groups in total. The zero-order valence-electron chi connectivity index (χ0n) is 10.1. The van der Waals surface area contributed by atoms with Gasteiger partial charge in [0, 0.05) is 13.1 Å². The van der Waals surface area contributed by atoms with Gasteiger partial charge in [0.05, 0.1) is 6.54 Å². The Morgan fingerprint density at radius 2 is 1.71 bits per heavy atom. The molecular weight excluding hydrogens is 176 g/mol. The van der Waals surface area contributed by atoms with Gasteiger partial charge in [-0.15, -0.1) is 0 Å². The fourth-order valence-electron chi connectivity index (χ4n) is 1.07. The normalized spacial score (nSPS) is 14.5. The van der Waals surface area contributed by atoms with Crippen molar-refractivity contribution < 1.29 is 0 Å². The molecule has 84 valence electrons. The van der Waals surface area contributed by atoms with Crippen molar-refractivity contribution in [1.82, 2.24) is 10.4 Å². The van der Waals surface area contributed by atoms with Crippen LogP contribution in [0.15, 0.2) is 10.2 Å². The average molecular weight is 200 g/mol. The van der Waals surface area contributed by atoms with E-state index in [9.17, 15) is 0 Å². The van der Waals surface area contributed by atoms with Crippen LogP contribution in [0, 0.1) is 5.92 Å². The lowest BCUT2D eigenvalue weighted by molar-refractivity contribution is 0.152. The molecule has 0 aliphatic rings. The van der Waals surface area contributed by atoms with Crippen LogP contribution in [0.3, 0.4) is 0 Å². The summed E-state index contributed by atoms with van der Waals surface area (Å²) in [6.45, 7) is 13.3. The van der Waals surface area contributed by atoms with Crippen molar-refractivity contribution in [1.29, 1.82) is 0 Å². The van der Waals surface area contributed by atoms with Crippen molar-refractivity contribution >= 4 is 0 Å². The zero-order chi connectivity index (χ0) is 11.0. The summed E-state index contributed by atoms with van der Waals surface area (Å²) >= 11 is 0. The molecule has 0 rings (SSSR count). The SMILES string of the molecule is CCN=NC(NN(CC)CC)C(C)C. The first kappa shape index (κ1) is 13.5. The smallest absolute Gasteiger partial charge is 0.135 e. The van der Waals surface area contributed by atoms with Gasteiger partial charge in [-0.1, -0.05) is 27.7 Å². The fourth-order valence-corrected chi connectivity index (χ4v) is 1.07. The third-order valence-electron chi connectivity index (χ3n) is 2.06. The molecule has 0 bridgehead atoms. The number of hydrogen-bond acceptors (Lipinski definition) is 4. The number of rotatable bonds is 7. The van der Waals surface area contributed by atoms with Gasteiger partial charge in [-0.05, 0) is 12.8 Å². The van der Waals surface area contributed by atoms with E-state index in [-0.39, 0.29) is 6.17 Å². The summed E-state index contributed by atoms with van der Waals surface area (Å²) < 4.78 is 0. The quantitative estimate of drug-likeness (QED) is 0.506. The summed E-state index contributed by atoms with van der Waals surface area (Å²) in [4.78, 5) is 0. The van der Waals surface area contributed by atoms with E-state index in [0.717, 1.165) is 19.6 Å². The van der Waals surface area contributed by atoms with E-state index in [2.05, 4.69) is 48.4 Å². The Labute approximate surface area is 87.8 Å². The Balaban J connectivity index is 4.14. The maximum Gasteiger partial charge on any atom is 0.135 e. The minimum absolute atomic E-state index is 0.106. The molecule has 14 heavy (non-hydrogen) atoms. The Morgan fingerprint density at radius 1 is 1.14 bits per heavy atom. The first-order chi connectivity index (χ1) is 6.65. The minimum Gasteiger partial charge on any atom is -0.243 e. The van der Waals surface area contributed by atoms with Crippen molar-refractivity contribution in [2.75, 3.05) is 19.6 Å². The molecule has 4 heteroatoms. The Hall–Kier alpha value is -0.480. The van der Waals surface area contributed by atoms with E-state index < -0.39 is 0 Å². The van der Waals surface area contributed by atoms with Crippen molar-refractivity contribution in [2.24, 2.45) is 16.1 Å². The summed E-state index contributed by atoms with van der Waals surface area (Å²) in [6, 6.07) is 0. The van der Waals surface area contributed by atoms with Crippen molar-refractivity contribution in [3.05, 3.63) is 0 Å². The van der Waals surface area contributed by atoms with E-state index in [4.69, 9.17) is 0 Å². The first-order valence-corrected chi connectivity index (χ1v) is 5.53. The molecule has 0 aromatic carbocycles. The number of hydrazine groups is 1. The highest BCUT2D eigenvalue weighted by Crippen LogP contribution is 2.04. The number of hydrogen-bond donors (Lipinski definition) is 1. The van der Waals surface area contributed by atoms with Crippen molar-refractivity contribution in [3.63, 3.8) is 0 Å². The molecule has 0 fully saturated rings. The van der Waals surface area contributed by atoms with E-state index >= 15 is 0 Å². The molecule has 0 aromatic heterocycles. The van der Waals surface area contributed by atoms with Gasteiger partial charge >= 0.3 is 0 Å². The molecule has 4 nitrogen and oxygen atoms in total. The second-order valence-corrected chi connectivity index (χ2v) is 3.56. The molecule has 0 aliphatic heterocycles. The highest BCUT2D eigenvalue weighted by Gasteiger charge is 2.13. The largest absolute Gasteiger partial charge is 0.243 e. The second kappa shape index (κ2) is 7.88. The zero-order valence-corrected chi connectivity index (χ0v) is 10.1. The Bertz CT molecular complexity index is 152. The number of azo groups is 1. The molecule has 0 amide bonds. The van der Waals surface area contributed by atoms with Gasteiger partial charge in [-0.2, -0.15) is 10.2 Å². The third kappa shape index (κ3) is 5.29. The summed E-state index contributed by atoms with van der Waals surface area (Å²) in [5, 5.41) is 10.5. The van der Waals surface area contributed by atoms with Gasteiger partial charge < -0.3 is 0 Å². The van der Waals surface area contributed by atoms with Crippen LogP contribution >= 0.6 is 0 Å². The van der Waals surface area contributed by atoms with Crippen LogP contribution in [0.25, 0.3) is 0 Å². The highest BCUT2D eigenvalue weighted by molar-refractivity contribution is 4.64. The van der Waals surface area contributed by atoms with Crippen molar-refractivity contribution in [2.45, 2.75) is 40.8 Å². The molecule has 1 unspecified atom stereocenters. The highest BCUT2D eigenvalue weighted by atomic mass is 15.5. The van der Waals surface area contributed by atoms with Gasteiger partial charge in [-0.25, -0.2) is 10.4 Å². The first-order valence-electron chi connectivity index (χ1n) is 5.53. The van der Waals surface area contributed by atoms with Gasteiger partial charge in [-0.3, -0.25) is 0 Å². The van der Waals surface area contributed by atoms with Gasteiger partial charge in [0.25, 0.3) is 0 Å². The molecule has 0 saturated carbocycles. The summed E-state index contributed by atoms with van der Waals surface area (Å²) in [5.74, 6) is 0.464. The van der Waals surface area contributed by atoms with E-state index in [0.29, 0.717) is 5.92 Å². The molecule has 1 atom stereocenters. The lowest BCUT2D eigenvalue weighted by Gasteiger charge is -2.26. The Morgan fingerprint density at radius 3 is 2.07 bits per heavy atom. The predicted molar refractivity (Wildman–Crippen MR) is 60.1 cm³/mol. The number of nitrogens with zero attached hydrogens (tertiary/aromatic N) is 3. The van der Waals surface area contributed by atoms with Crippen LogP contribution in [0.1, 0.15) is 34.6 Å². The van der Waals surface area contributed by atoms with Crippen molar-refractivity contribution in [3.8, 4) is 0 Å². The molecule has 0 spiro atoms. The molecule has 0 saturated heterocycles. The lowest BCUT2D eigenvalue weighted by Crippen LogP contribution is -2.45. The van der Waals surface area contributed by atoms with Crippen LogP contribution in [-0.2, 0) is 0 Å². The molecular formula is C10H24N4. The maximum absolute atomic E-state index is 4.25. The lowest BCUT2D eigenvalue weighted by atomic mass is 10.2. The summed E-state index contributed by atoms with van der Waals surface area (Å²) in [6.07, 6.45) is 0.106. The number of nitrogens with one attached hydrogen (secondary N) is 1. The molecule has 0 radical (unpaired) electrons. The molecule has 0 heterocycles. The van der Waals surface area contributed by atoms with Gasteiger partial charge in [0.2, 0.25) is 0 Å². The van der Waals surface area contributed by atoms with E-state index in [1.54, 1.807) is 0 Å². The predicted octanol–water partition coefficient (Wildman–Crippen LogP) is 2.29. The second-order valence-electron chi connectivity index (χ2n) is 3.56. The van der Waals surface area contributed by atoms with Crippen LogP contribution in [0.4, 0.5) is 0 Å². The van der Waals surface area contributed by atoms with Crippen LogP contribution in [0.5, 0.6) is 0 Å². The van der Waals surface area contributed by atoms with Gasteiger partial charge in [0.15, 0.2) is 0 Å². The maximum atomic E-state index is 4.25. The van der Waals surface area contributed by atoms with E-state index in [1.807, 2.05) is 6.92 Å². The molecule has 0 aliphatic carbocycles. The van der Waals surface area contributed by atoms with Crippen LogP contribution < -0.4 is 5.43 Å². The monoisotopic (exact) mass is 200 g/mol. The summed E-state index contributed by atoms with van der Waals surface area (Å²) in [7, 11) is 0. The average Bonchev–Trinajstić information content (AvgIpc) is 2.18. The third-order valence-corrected chi connectivity index (χ3v) is 2.06. The molecule has 0 aromatic rings. The van der Waals surface area contributed by atoms with E-state index in [1.165, 1.54) is 0 Å².